The molecule has 0 aliphatic rings. The lowest BCUT2D eigenvalue weighted by Gasteiger charge is -2.29. The van der Waals surface area contributed by atoms with Gasteiger partial charge in [-0.1, -0.05) is 26.3 Å². The van der Waals surface area contributed by atoms with Crippen molar-refractivity contribution in [1.29, 1.82) is 0 Å². The van der Waals surface area contributed by atoms with Gasteiger partial charge in [-0.15, -0.1) is 0 Å². The van der Waals surface area contributed by atoms with Crippen LogP contribution in [0.3, 0.4) is 0 Å². The van der Waals surface area contributed by atoms with Crippen molar-refractivity contribution < 1.29 is 31.0 Å². The Morgan fingerprint density at radius 1 is 1.17 bits per heavy atom. The molecule has 0 unspecified atom stereocenters. The van der Waals surface area contributed by atoms with Gasteiger partial charge < -0.3 is 26.2 Å². The van der Waals surface area contributed by atoms with Crippen LogP contribution < -0.4 is 17.0 Å². The van der Waals surface area contributed by atoms with Gasteiger partial charge in [0.2, 0.25) is 0 Å². The highest BCUT2D eigenvalue weighted by Gasteiger charge is 2.13. The van der Waals surface area contributed by atoms with Crippen molar-refractivity contribution in [3.63, 3.8) is 0 Å². The first-order chi connectivity index (χ1) is 8.02. The second kappa shape index (κ2) is 11.7. The van der Waals surface area contributed by atoms with Crippen LogP contribution in [-0.2, 0) is 9.53 Å². The predicted octanol–water partition coefficient (Wildman–Crippen LogP) is -0.234. The maximum atomic E-state index is 10.8. The van der Waals surface area contributed by atoms with E-state index in [0.717, 1.165) is 17.4 Å². The topological polar surface area (TPSA) is 26.3 Å². The maximum Gasteiger partial charge on any atom is 0.330 e. The molecular formula is C14H28BrNO2. The SMILES string of the molecule is C=CC(=O)OCCC[N+](C)(C)CCCCCC.[Br-]. The Morgan fingerprint density at radius 2 is 1.78 bits per heavy atom. The van der Waals surface area contributed by atoms with E-state index >= 15 is 0 Å². The molecule has 0 saturated carbocycles. The Labute approximate surface area is 123 Å². The number of unbranched alkanes of at least 4 members (excludes halogenated alkanes) is 3. The highest BCUT2D eigenvalue weighted by Crippen LogP contribution is 2.06. The molecule has 0 atom stereocenters. The molecule has 0 saturated heterocycles. The molecule has 0 amide bonds. The number of carbonyl (C=O) groups is 1. The fourth-order valence-electron chi connectivity index (χ4n) is 1.80. The summed E-state index contributed by atoms with van der Waals surface area (Å²) in [5, 5.41) is 0. The van der Waals surface area contributed by atoms with Gasteiger partial charge in [0.15, 0.2) is 0 Å². The minimum Gasteiger partial charge on any atom is -1.00 e. The zero-order chi connectivity index (χ0) is 13.1. The molecule has 0 radical (unpaired) electrons. The molecule has 0 bridgehead atoms. The Balaban J connectivity index is 0. The molecule has 0 N–H and O–H groups in total. The fourth-order valence-corrected chi connectivity index (χ4v) is 1.80. The van der Waals surface area contributed by atoms with E-state index in [9.17, 15) is 4.79 Å². The third-order valence-corrected chi connectivity index (χ3v) is 2.94. The number of carbonyl (C=O) groups excluding carboxylic acids is 1. The van der Waals surface area contributed by atoms with E-state index in [0.29, 0.717) is 6.61 Å². The van der Waals surface area contributed by atoms with E-state index < -0.39 is 0 Å². The van der Waals surface area contributed by atoms with Gasteiger partial charge in [-0.3, -0.25) is 0 Å². The largest absolute Gasteiger partial charge is 1.00 e. The number of nitrogens with zero attached hydrogens (tertiary/aromatic N) is 1. The molecular weight excluding hydrogens is 294 g/mol. The van der Waals surface area contributed by atoms with E-state index in [1.807, 2.05) is 0 Å². The van der Waals surface area contributed by atoms with Crippen LogP contribution in [0.15, 0.2) is 12.7 Å². The van der Waals surface area contributed by atoms with E-state index in [1.54, 1.807) is 0 Å². The Bertz CT molecular complexity index is 230. The minimum absolute atomic E-state index is 0. The smallest absolute Gasteiger partial charge is 0.330 e. The summed E-state index contributed by atoms with van der Waals surface area (Å²) in [5.41, 5.74) is 0. The van der Waals surface area contributed by atoms with Crippen LogP contribution in [-0.4, -0.2) is 44.2 Å². The van der Waals surface area contributed by atoms with Gasteiger partial charge in [0.25, 0.3) is 0 Å². The van der Waals surface area contributed by atoms with E-state index in [4.69, 9.17) is 4.74 Å². The minimum atomic E-state index is -0.321. The lowest BCUT2D eigenvalue weighted by molar-refractivity contribution is -0.890. The number of esters is 1. The second-order valence-electron chi connectivity index (χ2n) is 5.17. The van der Waals surface area contributed by atoms with E-state index in [2.05, 4.69) is 27.6 Å². The number of hydrogen-bond donors (Lipinski definition) is 0. The van der Waals surface area contributed by atoms with Crippen LogP contribution in [0.1, 0.15) is 39.0 Å². The second-order valence-corrected chi connectivity index (χ2v) is 5.17. The summed E-state index contributed by atoms with van der Waals surface area (Å²) < 4.78 is 5.97. The molecule has 0 fully saturated rings. The zero-order valence-corrected chi connectivity index (χ0v) is 13.7. The summed E-state index contributed by atoms with van der Waals surface area (Å²) in [6, 6.07) is 0. The molecule has 0 heterocycles. The van der Waals surface area contributed by atoms with Gasteiger partial charge in [0, 0.05) is 12.5 Å². The lowest BCUT2D eigenvalue weighted by atomic mass is 10.2. The quantitative estimate of drug-likeness (QED) is 0.240. The average Bonchev–Trinajstić information content (AvgIpc) is 2.30. The summed E-state index contributed by atoms with van der Waals surface area (Å²) in [4.78, 5) is 10.8. The molecule has 0 spiro atoms. The van der Waals surface area contributed by atoms with E-state index in [1.165, 1.54) is 38.3 Å². The molecule has 18 heavy (non-hydrogen) atoms. The zero-order valence-electron chi connectivity index (χ0n) is 12.1. The van der Waals surface area contributed by atoms with Gasteiger partial charge in [-0.2, -0.15) is 0 Å². The Morgan fingerprint density at radius 3 is 2.33 bits per heavy atom. The summed E-state index contributed by atoms with van der Waals surface area (Å²) in [6.07, 6.45) is 7.35. The first kappa shape index (κ1) is 20.0. The summed E-state index contributed by atoms with van der Waals surface area (Å²) in [5.74, 6) is -0.321. The maximum absolute atomic E-state index is 10.8. The van der Waals surface area contributed by atoms with Gasteiger partial charge in [0.1, 0.15) is 0 Å². The number of halogens is 1. The van der Waals surface area contributed by atoms with Crippen molar-refractivity contribution in [3.8, 4) is 0 Å². The standard InChI is InChI=1S/C14H28NO2.BrH/c1-5-7-8-9-11-15(3,4)12-10-13-17-14(16)6-2;/h6H,2,5,7-13H2,1,3-4H3;1H/q+1;/p-1. The third-order valence-electron chi connectivity index (χ3n) is 2.94. The van der Waals surface area contributed by atoms with Crippen molar-refractivity contribution in [1.82, 2.24) is 0 Å². The normalized spacial score (nSPS) is 10.6. The first-order valence-corrected chi connectivity index (χ1v) is 6.63. The molecule has 0 aliphatic carbocycles. The number of rotatable bonds is 10. The molecule has 0 rings (SSSR count). The molecule has 0 aromatic heterocycles. The molecule has 0 aromatic rings. The first-order valence-electron chi connectivity index (χ1n) is 6.63. The van der Waals surface area contributed by atoms with Crippen molar-refractivity contribution in [2.75, 3.05) is 33.8 Å². The van der Waals surface area contributed by atoms with Crippen LogP contribution in [0.25, 0.3) is 0 Å². The lowest BCUT2D eigenvalue weighted by Crippen LogP contribution is -3.00. The molecule has 4 heteroatoms. The highest BCUT2D eigenvalue weighted by molar-refractivity contribution is 5.81. The van der Waals surface area contributed by atoms with E-state index in [-0.39, 0.29) is 23.0 Å². The summed E-state index contributed by atoms with van der Waals surface area (Å²) in [7, 11) is 4.47. The van der Waals surface area contributed by atoms with Crippen molar-refractivity contribution in [2.45, 2.75) is 39.0 Å². The van der Waals surface area contributed by atoms with Crippen molar-refractivity contribution in [2.24, 2.45) is 0 Å². The van der Waals surface area contributed by atoms with Crippen LogP contribution in [0.5, 0.6) is 0 Å². The number of quaternary nitrogens is 1. The Kier molecular flexibility index (Phi) is 13.0. The van der Waals surface area contributed by atoms with Crippen LogP contribution >= 0.6 is 0 Å². The van der Waals surface area contributed by atoms with Crippen molar-refractivity contribution in [3.05, 3.63) is 12.7 Å². The molecule has 0 aromatic carbocycles. The summed E-state index contributed by atoms with van der Waals surface area (Å²) >= 11 is 0. The van der Waals surface area contributed by atoms with Gasteiger partial charge in [-0.25, -0.2) is 4.79 Å². The van der Waals surface area contributed by atoms with Crippen LogP contribution in [0.2, 0.25) is 0 Å². The van der Waals surface area contributed by atoms with Gasteiger partial charge in [-0.05, 0) is 12.8 Å². The van der Waals surface area contributed by atoms with Gasteiger partial charge >= 0.3 is 5.97 Å². The Hall–Kier alpha value is -0.350. The summed E-state index contributed by atoms with van der Waals surface area (Å²) in [6.45, 7) is 8.36. The third kappa shape index (κ3) is 12.1. The molecule has 108 valence electrons. The van der Waals surface area contributed by atoms with Crippen molar-refractivity contribution >= 4 is 5.97 Å². The highest BCUT2D eigenvalue weighted by atomic mass is 79.9. The monoisotopic (exact) mass is 321 g/mol. The predicted molar refractivity (Wildman–Crippen MR) is 71.8 cm³/mol. The van der Waals surface area contributed by atoms with Crippen LogP contribution in [0.4, 0.5) is 0 Å². The average molecular weight is 322 g/mol. The molecule has 3 nitrogen and oxygen atoms in total. The molecule has 0 aliphatic heterocycles. The van der Waals surface area contributed by atoms with Crippen LogP contribution in [0, 0.1) is 0 Å². The fraction of sp³-hybridized carbons (Fsp3) is 0.786. The number of ether oxygens (including phenoxy) is 1. The number of hydrogen-bond acceptors (Lipinski definition) is 2. The van der Waals surface area contributed by atoms with Gasteiger partial charge in [0.05, 0.1) is 33.8 Å².